The molecule has 0 rings (SSSR count). The van der Waals surface area contributed by atoms with Gasteiger partial charge >= 0.3 is 5.97 Å². The van der Waals surface area contributed by atoms with E-state index in [9.17, 15) is 14.7 Å². The summed E-state index contributed by atoms with van der Waals surface area (Å²) in [5.74, 6) is -0.754. The number of Topliss-reactive ketones (excluding diaryl/α,β-unsaturated/α-hetero) is 1. The van der Waals surface area contributed by atoms with Crippen LogP contribution >= 0.6 is 0 Å². The van der Waals surface area contributed by atoms with Crippen LogP contribution in [-0.4, -0.2) is 29.6 Å². The zero-order chi connectivity index (χ0) is 12.4. The van der Waals surface area contributed by atoms with Crippen molar-refractivity contribution < 1.29 is 19.4 Å². The van der Waals surface area contributed by atoms with E-state index in [0.29, 0.717) is 6.42 Å². The zero-order valence-electron chi connectivity index (χ0n) is 10.2. The first-order valence-electron chi connectivity index (χ1n) is 5.95. The fraction of sp³-hybridized carbons (Fsp3) is 0.833. The van der Waals surface area contributed by atoms with Crippen molar-refractivity contribution in [1.29, 1.82) is 0 Å². The molecule has 0 radical (unpaired) electrons. The molecule has 0 aromatic rings. The molecule has 0 spiro atoms. The minimum Gasteiger partial charge on any atom is -0.466 e. The Bertz CT molecular complexity index is 213. The average molecular weight is 230 g/mol. The largest absolute Gasteiger partial charge is 0.466 e. The van der Waals surface area contributed by atoms with Crippen molar-refractivity contribution in [2.75, 3.05) is 6.61 Å². The van der Waals surface area contributed by atoms with E-state index in [1.807, 2.05) is 0 Å². The van der Waals surface area contributed by atoms with E-state index >= 15 is 0 Å². The van der Waals surface area contributed by atoms with E-state index in [-0.39, 0.29) is 25.2 Å². The Morgan fingerprint density at radius 1 is 1.25 bits per heavy atom. The quantitative estimate of drug-likeness (QED) is 0.373. The third-order valence-corrected chi connectivity index (χ3v) is 2.25. The highest BCUT2D eigenvalue weighted by atomic mass is 16.5. The monoisotopic (exact) mass is 230 g/mol. The first kappa shape index (κ1) is 15.1. The molecule has 0 fully saturated rings. The predicted octanol–water partition coefficient (Wildman–Crippen LogP) is 1.84. The van der Waals surface area contributed by atoms with Crippen molar-refractivity contribution >= 4 is 11.8 Å². The molecular formula is C12H22O4. The molecule has 0 heterocycles. The lowest BCUT2D eigenvalue weighted by atomic mass is 10.0. The van der Waals surface area contributed by atoms with Gasteiger partial charge < -0.3 is 9.84 Å². The summed E-state index contributed by atoms with van der Waals surface area (Å²) in [6, 6.07) is 0. The molecule has 0 saturated carbocycles. The fourth-order valence-corrected chi connectivity index (χ4v) is 1.44. The fourth-order valence-electron chi connectivity index (χ4n) is 1.44. The number of aliphatic hydroxyl groups excluding tert-OH is 1. The van der Waals surface area contributed by atoms with Gasteiger partial charge in [0.1, 0.15) is 12.2 Å². The Morgan fingerprint density at radius 3 is 2.50 bits per heavy atom. The number of ketones is 1. The van der Waals surface area contributed by atoms with Crippen LogP contribution in [0.3, 0.4) is 0 Å². The third kappa shape index (κ3) is 8.41. The van der Waals surface area contributed by atoms with Gasteiger partial charge in [-0.3, -0.25) is 9.59 Å². The van der Waals surface area contributed by atoms with E-state index in [1.54, 1.807) is 6.92 Å². The van der Waals surface area contributed by atoms with Gasteiger partial charge in [-0.1, -0.05) is 26.2 Å². The van der Waals surface area contributed by atoms with Crippen LogP contribution in [0.4, 0.5) is 0 Å². The lowest BCUT2D eigenvalue weighted by Crippen LogP contribution is -2.17. The molecule has 0 aromatic heterocycles. The van der Waals surface area contributed by atoms with E-state index < -0.39 is 12.1 Å². The SMILES string of the molecule is CCCCCC(O)CC(=O)CC(=O)OCC. The molecule has 0 amide bonds. The number of esters is 1. The number of hydrogen-bond acceptors (Lipinski definition) is 4. The lowest BCUT2D eigenvalue weighted by molar-refractivity contribution is -0.145. The molecule has 16 heavy (non-hydrogen) atoms. The van der Waals surface area contributed by atoms with Crippen molar-refractivity contribution in [3.8, 4) is 0 Å². The zero-order valence-corrected chi connectivity index (χ0v) is 10.2. The summed E-state index contributed by atoms with van der Waals surface area (Å²) in [7, 11) is 0. The van der Waals surface area contributed by atoms with Gasteiger partial charge in [0.25, 0.3) is 0 Å². The molecular weight excluding hydrogens is 208 g/mol. The van der Waals surface area contributed by atoms with Crippen LogP contribution in [0.25, 0.3) is 0 Å². The van der Waals surface area contributed by atoms with Crippen LogP contribution in [0.15, 0.2) is 0 Å². The van der Waals surface area contributed by atoms with E-state index in [0.717, 1.165) is 19.3 Å². The summed E-state index contributed by atoms with van der Waals surface area (Å²) < 4.78 is 4.65. The van der Waals surface area contributed by atoms with Gasteiger partial charge in [0.15, 0.2) is 0 Å². The first-order valence-corrected chi connectivity index (χ1v) is 5.95. The summed E-state index contributed by atoms with van der Waals surface area (Å²) in [6.07, 6.45) is 2.91. The number of unbranched alkanes of at least 4 members (excludes halogenated alkanes) is 2. The second-order valence-corrected chi connectivity index (χ2v) is 3.87. The topological polar surface area (TPSA) is 63.6 Å². The molecule has 0 aliphatic rings. The second kappa shape index (κ2) is 9.33. The highest BCUT2D eigenvalue weighted by Crippen LogP contribution is 2.08. The molecule has 4 heteroatoms. The van der Waals surface area contributed by atoms with Crippen LogP contribution in [0, 0.1) is 0 Å². The Morgan fingerprint density at radius 2 is 1.94 bits per heavy atom. The van der Waals surface area contributed by atoms with Crippen LogP contribution in [0.2, 0.25) is 0 Å². The van der Waals surface area contributed by atoms with Gasteiger partial charge in [-0.15, -0.1) is 0 Å². The molecule has 0 saturated heterocycles. The Labute approximate surface area is 97.0 Å². The molecule has 4 nitrogen and oxygen atoms in total. The summed E-state index contributed by atoms with van der Waals surface area (Å²) >= 11 is 0. The number of ether oxygens (including phenoxy) is 1. The average Bonchev–Trinajstić information content (AvgIpc) is 2.17. The molecule has 0 bridgehead atoms. The predicted molar refractivity (Wildman–Crippen MR) is 61.0 cm³/mol. The van der Waals surface area contributed by atoms with Crippen molar-refractivity contribution in [3.63, 3.8) is 0 Å². The first-order chi connectivity index (χ1) is 7.60. The maximum Gasteiger partial charge on any atom is 0.313 e. The minimum absolute atomic E-state index is 0.0581. The highest BCUT2D eigenvalue weighted by Gasteiger charge is 2.14. The number of carbonyl (C=O) groups is 2. The normalized spacial score (nSPS) is 12.2. The molecule has 1 N–H and O–H groups in total. The van der Waals surface area contributed by atoms with Crippen LogP contribution in [0.5, 0.6) is 0 Å². The van der Waals surface area contributed by atoms with Gasteiger partial charge in [-0.2, -0.15) is 0 Å². The smallest absolute Gasteiger partial charge is 0.313 e. The van der Waals surface area contributed by atoms with Crippen LogP contribution < -0.4 is 0 Å². The van der Waals surface area contributed by atoms with E-state index in [1.165, 1.54) is 0 Å². The summed E-state index contributed by atoms with van der Waals surface area (Å²) in [4.78, 5) is 22.3. The molecule has 1 unspecified atom stereocenters. The molecule has 1 atom stereocenters. The van der Waals surface area contributed by atoms with Crippen LogP contribution in [0.1, 0.15) is 52.4 Å². The second-order valence-electron chi connectivity index (χ2n) is 3.87. The maximum absolute atomic E-state index is 11.3. The number of carbonyl (C=O) groups excluding carboxylic acids is 2. The van der Waals surface area contributed by atoms with Crippen molar-refractivity contribution in [2.24, 2.45) is 0 Å². The third-order valence-electron chi connectivity index (χ3n) is 2.25. The Kier molecular flexibility index (Phi) is 8.81. The lowest BCUT2D eigenvalue weighted by Gasteiger charge is -2.08. The standard InChI is InChI=1S/C12H22O4/c1-3-5-6-7-10(13)8-11(14)9-12(15)16-4-2/h10,13H,3-9H2,1-2H3. The highest BCUT2D eigenvalue weighted by molar-refractivity contribution is 5.95. The number of aliphatic hydroxyl groups is 1. The molecule has 0 aromatic carbocycles. The van der Waals surface area contributed by atoms with Crippen molar-refractivity contribution in [2.45, 2.75) is 58.5 Å². The van der Waals surface area contributed by atoms with E-state index in [2.05, 4.69) is 11.7 Å². The van der Waals surface area contributed by atoms with Crippen molar-refractivity contribution in [3.05, 3.63) is 0 Å². The Balaban J connectivity index is 3.65. The summed E-state index contributed by atoms with van der Waals surface area (Å²) in [5.41, 5.74) is 0. The molecule has 0 aliphatic carbocycles. The maximum atomic E-state index is 11.3. The number of rotatable bonds is 9. The van der Waals surface area contributed by atoms with Gasteiger partial charge in [0.2, 0.25) is 0 Å². The number of hydrogen-bond donors (Lipinski definition) is 1. The van der Waals surface area contributed by atoms with Gasteiger partial charge in [0, 0.05) is 6.42 Å². The minimum atomic E-state index is -0.617. The van der Waals surface area contributed by atoms with Crippen LogP contribution in [-0.2, 0) is 14.3 Å². The summed E-state index contributed by atoms with van der Waals surface area (Å²) in [5, 5.41) is 9.52. The van der Waals surface area contributed by atoms with Gasteiger partial charge in [-0.05, 0) is 13.3 Å². The van der Waals surface area contributed by atoms with E-state index in [4.69, 9.17) is 0 Å². The molecule has 0 aliphatic heterocycles. The summed E-state index contributed by atoms with van der Waals surface area (Å²) in [6.45, 7) is 4.06. The van der Waals surface area contributed by atoms with Gasteiger partial charge in [0.05, 0.1) is 12.7 Å². The molecule has 94 valence electrons. The van der Waals surface area contributed by atoms with Crippen molar-refractivity contribution in [1.82, 2.24) is 0 Å². The van der Waals surface area contributed by atoms with Gasteiger partial charge in [-0.25, -0.2) is 0 Å². The Hall–Kier alpha value is -0.900.